The summed E-state index contributed by atoms with van der Waals surface area (Å²) in [5.74, 6) is 0.133. The van der Waals surface area contributed by atoms with Gasteiger partial charge in [-0.15, -0.1) is 0 Å². The smallest absolute Gasteiger partial charge is 0.252 e. The van der Waals surface area contributed by atoms with Crippen LogP contribution in [-0.2, 0) is 6.54 Å². The molecule has 0 radical (unpaired) electrons. The Kier molecular flexibility index (Phi) is 5.06. The molecule has 7 nitrogen and oxygen atoms in total. The number of aromatic nitrogens is 3. The van der Waals surface area contributed by atoms with E-state index in [1.807, 2.05) is 0 Å². The molecule has 8 heteroatoms. The van der Waals surface area contributed by atoms with Gasteiger partial charge in [0.05, 0.1) is 12.3 Å². The molecular weight excluding hydrogens is 363 g/mol. The molecule has 0 spiro atoms. The highest BCUT2D eigenvalue weighted by Crippen LogP contribution is 2.33. The Morgan fingerprint density at radius 2 is 1.93 bits per heavy atom. The second kappa shape index (κ2) is 7.65. The summed E-state index contributed by atoms with van der Waals surface area (Å²) in [7, 11) is 0. The zero-order valence-corrected chi connectivity index (χ0v) is 15.3. The highest BCUT2D eigenvalue weighted by molar-refractivity contribution is 5.91. The molecule has 2 aromatic heterocycles. The van der Waals surface area contributed by atoms with Crippen LogP contribution in [0.1, 0.15) is 12.8 Å². The predicted molar refractivity (Wildman–Crippen MR) is 103 cm³/mol. The third-order valence-corrected chi connectivity index (χ3v) is 4.92. The van der Waals surface area contributed by atoms with E-state index >= 15 is 0 Å². The number of benzene rings is 1. The molecule has 28 heavy (non-hydrogen) atoms. The van der Waals surface area contributed by atoms with E-state index in [0.717, 1.165) is 12.8 Å². The van der Waals surface area contributed by atoms with E-state index < -0.39 is 12.5 Å². The molecule has 1 fully saturated rings. The summed E-state index contributed by atoms with van der Waals surface area (Å²) in [4.78, 5) is 22.9. The van der Waals surface area contributed by atoms with E-state index in [0.29, 0.717) is 29.2 Å². The Balaban J connectivity index is 2.00. The summed E-state index contributed by atoms with van der Waals surface area (Å²) in [6.45, 7) is 0.0317. The number of aliphatic hydroxyl groups is 2. The summed E-state index contributed by atoms with van der Waals surface area (Å²) in [6.07, 6.45) is 2.13. The fourth-order valence-electron chi connectivity index (χ4n) is 3.24. The van der Waals surface area contributed by atoms with Gasteiger partial charge in [0.25, 0.3) is 5.56 Å². The van der Waals surface area contributed by atoms with Crippen LogP contribution in [0.3, 0.4) is 0 Å². The number of fused-ring (bicyclic) bond motifs is 1. The molecule has 0 atom stereocenters. The number of anilines is 1. The molecule has 0 unspecified atom stereocenters. The van der Waals surface area contributed by atoms with Crippen molar-refractivity contribution in [3.63, 3.8) is 0 Å². The molecule has 4 rings (SSSR count). The molecular formula is C20H21FN4O3. The summed E-state index contributed by atoms with van der Waals surface area (Å²) < 4.78 is 16.1. The molecule has 2 N–H and O–H groups in total. The molecule has 3 aromatic rings. The predicted octanol–water partition coefficient (Wildman–Crippen LogP) is 1.76. The number of aliphatic hydroxyl groups excluding tert-OH is 2. The van der Waals surface area contributed by atoms with Crippen LogP contribution < -0.4 is 10.5 Å². The zero-order chi connectivity index (χ0) is 19.7. The van der Waals surface area contributed by atoms with Gasteiger partial charge in [-0.3, -0.25) is 9.36 Å². The van der Waals surface area contributed by atoms with Crippen molar-refractivity contribution in [1.29, 1.82) is 0 Å². The van der Waals surface area contributed by atoms with Crippen molar-refractivity contribution in [1.82, 2.24) is 14.5 Å². The molecule has 2 heterocycles. The summed E-state index contributed by atoms with van der Waals surface area (Å²) in [5, 5.41) is 19.5. The highest BCUT2D eigenvalue weighted by Gasteiger charge is 2.25. The average Bonchev–Trinajstić information content (AvgIpc) is 3.52. The Bertz CT molecular complexity index is 1060. The molecule has 1 saturated carbocycles. The summed E-state index contributed by atoms with van der Waals surface area (Å²) >= 11 is 0. The second-order valence-electron chi connectivity index (χ2n) is 6.94. The number of halogens is 1. The van der Waals surface area contributed by atoms with Crippen LogP contribution in [0.5, 0.6) is 0 Å². The summed E-state index contributed by atoms with van der Waals surface area (Å²) in [6, 6.07) is 9.34. The molecule has 0 saturated heterocycles. The van der Waals surface area contributed by atoms with Crippen molar-refractivity contribution in [2.75, 3.05) is 24.8 Å². The van der Waals surface area contributed by atoms with Gasteiger partial charge in [-0.2, -0.15) is 4.98 Å². The van der Waals surface area contributed by atoms with Crippen molar-refractivity contribution in [2.45, 2.75) is 19.4 Å². The minimum absolute atomic E-state index is 0.110. The van der Waals surface area contributed by atoms with Crippen LogP contribution >= 0.6 is 0 Å². The van der Waals surface area contributed by atoms with Crippen LogP contribution in [-0.4, -0.2) is 44.6 Å². The number of hydrogen-bond donors (Lipinski definition) is 2. The largest absolute Gasteiger partial charge is 0.395 e. The lowest BCUT2D eigenvalue weighted by atomic mass is 10.1. The lowest BCUT2D eigenvalue weighted by Crippen LogP contribution is -2.30. The molecule has 1 aliphatic rings. The third-order valence-electron chi connectivity index (χ3n) is 4.92. The normalized spacial score (nSPS) is 13.8. The van der Waals surface area contributed by atoms with Crippen LogP contribution in [0.15, 0.2) is 41.2 Å². The fourth-order valence-corrected chi connectivity index (χ4v) is 3.24. The Hall–Kier alpha value is -2.84. The molecule has 1 aromatic carbocycles. The Labute approximate surface area is 160 Å². The van der Waals surface area contributed by atoms with Gasteiger partial charge in [0.15, 0.2) is 0 Å². The van der Waals surface area contributed by atoms with E-state index in [1.165, 1.54) is 17.0 Å². The van der Waals surface area contributed by atoms with Crippen LogP contribution in [0, 0.1) is 11.7 Å². The number of rotatable bonds is 7. The average molecular weight is 384 g/mol. The van der Waals surface area contributed by atoms with Gasteiger partial charge in [-0.05, 0) is 37.0 Å². The highest BCUT2D eigenvalue weighted by atomic mass is 19.1. The Morgan fingerprint density at radius 3 is 2.61 bits per heavy atom. The minimum atomic E-state index is -0.439. The quantitative estimate of drug-likeness (QED) is 0.603. The van der Waals surface area contributed by atoms with Gasteiger partial charge in [0, 0.05) is 30.1 Å². The van der Waals surface area contributed by atoms with E-state index in [4.69, 9.17) is 0 Å². The second-order valence-corrected chi connectivity index (χ2v) is 6.94. The van der Waals surface area contributed by atoms with Crippen molar-refractivity contribution < 1.29 is 14.6 Å². The van der Waals surface area contributed by atoms with Gasteiger partial charge in [0.2, 0.25) is 5.95 Å². The summed E-state index contributed by atoms with van der Waals surface area (Å²) in [5.41, 5.74) is 0.856. The standard InChI is InChI=1S/C20H21FN4O3/c21-16-4-2-1-3-14(16)18-15-7-8-17(28)25(11-13-5-6-13)19(15)23-20(22-18)24(12-27)9-10-26/h1-4,7-8,13,26-27H,5-6,9-12H2. The van der Waals surface area contributed by atoms with E-state index in [1.54, 1.807) is 28.8 Å². The van der Waals surface area contributed by atoms with Gasteiger partial charge < -0.3 is 15.1 Å². The van der Waals surface area contributed by atoms with E-state index in [9.17, 15) is 19.4 Å². The number of nitrogens with zero attached hydrogens (tertiary/aromatic N) is 4. The SMILES string of the molecule is O=c1ccc2c(-c3ccccc3F)nc(N(CO)CCO)nc2n1CC1CC1. The van der Waals surface area contributed by atoms with E-state index in [2.05, 4.69) is 9.97 Å². The van der Waals surface area contributed by atoms with E-state index in [-0.39, 0.29) is 30.2 Å². The molecule has 0 amide bonds. The van der Waals surface area contributed by atoms with Crippen LogP contribution in [0.4, 0.5) is 10.3 Å². The Morgan fingerprint density at radius 1 is 1.14 bits per heavy atom. The van der Waals surface area contributed by atoms with Gasteiger partial charge in [-0.25, -0.2) is 9.37 Å². The first-order valence-corrected chi connectivity index (χ1v) is 9.25. The maximum Gasteiger partial charge on any atom is 0.252 e. The van der Waals surface area contributed by atoms with Crippen molar-refractivity contribution in [3.05, 3.63) is 52.6 Å². The first-order valence-electron chi connectivity index (χ1n) is 9.25. The van der Waals surface area contributed by atoms with Crippen LogP contribution in [0.2, 0.25) is 0 Å². The van der Waals surface area contributed by atoms with Crippen molar-refractivity contribution in [2.24, 2.45) is 5.92 Å². The van der Waals surface area contributed by atoms with Gasteiger partial charge in [0.1, 0.15) is 18.2 Å². The zero-order valence-electron chi connectivity index (χ0n) is 15.3. The van der Waals surface area contributed by atoms with Crippen LogP contribution in [0.25, 0.3) is 22.3 Å². The van der Waals surface area contributed by atoms with Crippen molar-refractivity contribution >= 4 is 17.0 Å². The topological polar surface area (TPSA) is 91.5 Å². The van der Waals surface area contributed by atoms with Gasteiger partial charge >= 0.3 is 0 Å². The number of hydrogen-bond acceptors (Lipinski definition) is 6. The first kappa shape index (κ1) is 18.5. The molecule has 146 valence electrons. The molecule has 1 aliphatic carbocycles. The fraction of sp³-hybridized carbons (Fsp3) is 0.350. The minimum Gasteiger partial charge on any atom is -0.395 e. The lowest BCUT2D eigenvalue weighted by molar-refractivity contribution is 0.256. The first-order chi connectivity index (χ1) is 13.6. The third kappa shape index (κ3) is 3.48. The lowest BCUT2D eigenvalue weighted by Gasteiger charge is -2.21. The monoisotopic (exact) mass is 384 g/mol. The maximum absolute atomic E-state index is 14.5. The van der Waals surface area contributed by atoms with Crippen molar-refractivity contribution in [3.8, 4) is 11.3 Å². The molecule has 0 aliphatic heterocycles. The number of pyridine rings is 1. The van der Waals surface area contributed by atoms with Gasteiger partial charge in [-0.1, -0.05) is 12.1 Å². The maximum atomic E-state index is 14.5. The molecule has 0 bridgehead atoms.